The van der Waals surface area contributed by atoms with Gasteiger partial charge in [0.1, 0.15) is 6.61 Å². The lowest BCUT2D eigenvalue weighted by Crippen LogP contribution is -2.06. The SMILES string of the molecule is COc1cc(CNc2ccc(NC(C)=O)cc2)cc(Br)c1OCc1ccccc1C. The predicted molar refractivity (Wildman–Crippen MR) is 124 cm³/mol. The highest BCUT2D eigenvalue weighted by atomic mass is 79.9. The van der Waals surface area contributed by atoms with E-state index in [0.29, 0.717) is 24.7 Å². The van der Waals surface area contributed by atoms with Crippen molar-refractivity contribution in [2.45, 2.75) is 27.0 Å². The van der Waals surface area contributed by atoms with E-state index in [9.17, 15) is 4.79 Å². The van der Waals surface area contributed by atoms with Crippen molar-refractivity contribution < 1.29 is 14.3 Å². The van der Waals surface area contributed by atoms with Crippen LogP contribution in [0.2, 0.25) is 0 Å². The van der Waals surface area contributed by atoms with Crippen LogP contribution >= 0.6 is 15.9 Å². The van der Waals surface area contributed by atoms with E-state index in [1.54, 1.807) is 7.11 Å². The fraction of sp³-hybridized carbons (Fsp3) is 0.208. The maximum atomic E-state index is 11.1. The lowest BCUT2D eigenvalue weighted by molar-refractivity contribution is -0.114. The van der Waals surface area contributed by atoms with Gasteiger partial charge in [0, 0.05) is 24.8 Å². The molecular formula is C24H25BrN2O3. The van der Waals surface area contributed by atoms with Crippen molar-refractivity contribution >= 4 is 33.2 Å². The van der Waals surface area contributed by atoms with Crippen molar-refractivity contribution in [2.24, 2.45) is 0 Å². The monoisotopic (exact) mass is 468 g/mol. The molecule has 0 bridgehead atoms. The number of rotatable bonds is 8. The molecule has 1 amide bonds. The zero-order chi connectivity index (χ0) is 21.5. The summed E-state index contributed by atoms with van der Waals surface area (Å²) in [6.07, 6.45) is 0. The van der Waals surface area contributed by atoms with Crippen LogP contribution in [0.15, 0.2) is 65.1 Å². The molecular weight excluding hydrogens is 444 g/mol. The highest BCUT2D eigenvalue weighted by molar-refractivity contribution is 9.10. The number of benzene rings is 3. The van der Waals surface area contributed by atoms with Gasteiger partial charge in [0.2, 0.25) is 5.91 Å². The van der Waals surface area contributed by atoms with Gasteiger partial charge in [-0.15, -0.1) is 0 Å². The van der Waals surface area contributed by atoms with Gasteiger partial charge in [-0.25, -0.2) is 0 Å². The van der Waals surface area contributed by atoms with Crippen molar-refractivity contribution in [3.63, 3.8) is 0 Å². The molecule has 0 aliphatic rings. The Morgan fingerprint density at radius 2 is 1.73 bits per heavy atom. The fourth-order valence-electron chi connectivity index (χ4n) is 3.02. The van der Waals surface area contributed by atoms with Crippen LogP contribution in [0, 0.1) is 6.92 Å². The molecule has 0 aromatic heterocycles. The Kier molecular flexibility index (Phi) is 7.36. The highest BCUT2D eigenvalue weighted by Gasteiger charge is 2.12. The first-order valence-electron chi connectivity index (χ1n) is 9.61. The van der Waals surface area contributed by atoms with Crippen molar-refractivity contribution in [3.8, 4) is 11.5 Å². The second kappa shape index (κ2) is 10.2. The molecule has 0 fully saturated rings. The summed E-state index contributed by atoms with van der Waals surface area (Å²) in [5, 5.41) is 6.13. The Morgan fingerprint density at radius 1 is 1.03 bits per heavy atom. The maximum absolute atomic E-state index is 11.1. The second-order valence-corrected chi connectivity index (χ2v) is 7.79. The summed E-state index contributed by atoms with van der Waals surface area (Å²) in [5.41, 5.74) is 5.11. The number of hydrogen-bond acceptors (Lipinski definition) is 4. The van der Waals surface area contributed by atoms with E-state index in [0.717, 1.165) is 27.0 Å². The molecule has 0 atom stereocenters. The number of nitrogens with one attached hydrogen (secondary N) is 2. The molecule has 0 aliphatic carbocycles. The largest absolute Gasteiger partial charge is 0.493 e. The van der Waals surface area contributed by atoms with Crippen LogP contribution in [-0.4, -0.2) is 13.0 Å². The number of carbonyl (C=O) groups is 1. The van der Waals surface area contributed by atoms with Crippen molar-refractivity contribution in [2.75, 3.05) is 17.7 Å². The molecule has 3 aromatic rings. The summed E-state index contributed by atoms with van der Waals surface area (Å²) in [4.78, 5) is 11.1. The smallest absolute Gasteiger partial charge is 0.221 e. The first-order valence-corrected chi connectivity index (χ1v) is 10.4. The topological polar surface area (TPSA) is 59.6 Å². The zero-order valence-corrected chi connectivity index (χ0v) is 18.9. The van der Waals surface area contributed by atoms with Crippen molar-refractivity contribution in [1.82, 2.24) is 0 Å². The minimum atomic E-state index is -0.0858. The Labute approximate surface area is 185 Å². The molecule has 0 unspecified atom stereocenters. The van der Waals surface area contributed by atoms with Crippen LogP contribution < -0.4 is 20.1 Å². The van der Waals surface area contributed by atoms with Gasteiger partial charge in [-0.3, -0.25) is 4.79 Å². The van der Waals surface area contributed by atoms with E-state index in [4.69, 9.17) is 9.47 Å². The summed E-state index contributed by atoms with van der Waals surface area (Å²) in [7, 11) is 1.64. The lowest BCUT2D eigenvalue weighted by atomic mass is 10.1. The quantitative estimate of drug-likeness (QED) is 0.430. The van der Waals surface area contributed by atoms with Gasteiger partial charge in [0.25, 0.3) is 0 Å². The van der Waals surface area contributed by atoms with E-state index < -0.39 is 0 Å². The molecule has 0 spiro atoms. The zero-order valence-electron chi connectivity index (χ0n) is 17.3. The second-order valence-electron chi connectivity index (χ2n) is 6.94. The van der Waals surface area contributed by atoms with Crippen LogP contribution in [-0.2, 0) is 17.9 Å². The average molecular weight is 469 g/mol. The molecule has 0 aliphatic heterocycles. The normalized spacial score (nSPS) is 10.4. The summed E-state index contributed by atoms with van der Waals surface area (Å²) in [5.74, 6) is 1.28. The van der Waals surface area contributed by atoms with E-state index in [1.165, 1.54) is 12.5 Å². The Morgan fingerprint density at radius 3 is 2.40 bits per heavy atom. The minimum Gasteiger partial charge on any atom is -0.493 e. The van der Waals surface area contributed by atoms with E-state index in [1.807, 2.05) is 48.5 Å². The number of anilines is 2. The fourth-order valence-corrected chi connectivity index (χ4v) is 3.62. The molecule has 0 saturated carbocycles. The molecule has 0 saturated heterocycles. The van der Waals surface area contributed by atoms with Crippen LogP contribution in [0.4, 0.5) is 11.4 Å². The standard InChI is InChI=1S/C24H25BrN2O3/c1-16-6-4-5-7-19(16)15-30-24-22(25)12-18(13-23(24)29-3)14-26-20-8-10-21(11-9-20)27-17(2)28/h4-13,26H,14-15H2,1-3H3,(H,27,28). The Hall–Kier alpha value is -2.99. The summed E-state index contributed by atoms with van der Waals surface area (Å²) >= 11 is 3.62. The molecule has 0 radical (unpaired) electrons. The van der Waals surface area contributed by atoms with Gasteiger partial charge in [-0.05, 0) is 75.9 Å². The third-order valence-corrected chi connectivity index (χ3v) is 5.21. The number of carbonyl (C=O) groups excluding carboxylic acids is 1. The predicted octanol–water partition coefficient (Wildman–Crippen LogP) is 5.92. The molecule has 156 valence electrons. The number of aryl methyl sites for hydroxylation is 1. The molecule has 3 rings (SSSR count). The third kappa shape index (κ3) is 5.76. The van der Waals surface area contributed by atoms with Gasteiger partial charge in [0.15, 0.2) is 11.5 Å². The molecule has 6 heteroatoms. The molecule has 5 nitrogen and oxygen atoms in total. The summed E-state index contributed by atoms with van der Waals surface area (Å²) in [6, 6.07) is 19.7. The van der Waals surface area contributed by atoms with E-state index in [2.05, 4.69) is 45.6 Å². The molecule has 30 heavy (non-hydrogen) atoms. The van der Waals surface area contributed by atoms with Crippen molar-refractivity contribution in [1.29, 1.82) is 0 Å². The van der Waals surface area contributed by atoms with Gasteiger partial charge >= 0.3 is 0 Å². The van der Waals surface area contributed by atoms with E-state index in [-0.39, 0.29) is 5.91 Å². The number of hydrogen-bond donors (Lipinski definition) is 2. The maximum Gasteiger partial charge on any atom is 0.221 e. The van der Waals surface area contributed by atoms with Crippen LogP contribution in [0.1, 0.15) is 23.6 Å². The first kappa shape index (κ1) is 21.7. The van der Waals surface area contributed by atoms with E-state index >= 15 is 0 Å². The van der Waals surface area contributed by atoms with Crippen LogP contribution in [0.5, 0.6) is 11.5 Å². The van der Waals surface area contributed by atoms with Crippen LogP contribution in [0.25, 0.3) is 0 Å². The number of halogens is 1. The van der Waals surface area contributed by atoms with Gasteiger partial charge < -0.3 is 20.1 Å². The molecule has 3 aromatic carbocycles. The van der Waals surface area contributed by atoms with Gasteiger partial charge in [-0.1, -0.05) is 24.3 Å². The van der Waals surface area contributed by atoms with Crippen molar-refractivity contribution in [3.05, 3.63) is 81.8 Å². The number of methoxy groups -OCH3 is 1. The van der Waals surface area contributed by atoms with Gasteiger partial charge in [-0.2, -0.15) is 0 Å². The Balaban J connectivity index is 1.67. The molecule has 2 N–H and O–H groups in total. The minimum absolute atomic E-state index is 0.0858. The highest BCUT2D eigenvalue weighted by Crippen LogP contribution is 2.37. The average Bonchev–Trinajstić information content (AvgIpc) is 2.72. The lowest BCUT2D eigenvalue weighted by Gasteiger charge is -2.16. The molecule has 0 heterocycles. The van der Waals surface area contributed by atoms with Gasteiger partial charge in [0.05, 0.1) is 11.6 Å². The first-order chi connectivity index (χ1) is 14.5. The summed E-state index contributed by atoms with van der Waals surface area (Å²) < 4.78 is 12.5. The third-order valence-electron chi connectivity index (χ3n) is 4.62. The number of ether oxygens (including phenoxy) is 2. The van der Waals surface area contributed by atoms with Crippen LogP contribution in [0.3, 0.4) is 0 Å². The number of amides is 1. The summed E-state index contributed by atoms with van der Waals surface area (Å²) in [6.45, 7) is 4.65. The Bertz CT molecular complexity index is 1020.